The van der Waals surface area contributed by atoms with Gasteiger partial charge in [0.2, 0.25) is 5.89 Å². The summed E-state index contributed by atoms with van der Waals surface area (Å²) in [5, 5.41) is 12.1. The first kappa shape index (κ1) is 26.0. The molecule has 0 amide bonds. The molecule has 0 atom stereocenters. The lowest BCUT2D eigenvalue weighted by Crippen LogP contribution is -1.87. The number of benzene rings is 8. The van der Waals surface area contributed by atoms with Crippen molar-refractivity contribution >= 4 is 65.0 Å². The van der Waals surface area contributed by atoms with Gasteiger partial charge in [0.05, 0.1) is 0 Å². The zero-order chi connectivity index (χ0) is 30.9. The monoisotopic (exact) mass is 598 g/mol. The number of hydrogen-bond acceptors (Lipinski definition) is 3. The molecule has 0 saturated heterocycles. The molecule has 0 radical (unpaired) electrons. The predicted octanol–water partition coefficient (Wildman–Crippen LogP) is 12.0. The Balaban J connectivity index is 1.16. The predicted molar refractivity (Wildman–Crippen MR) is 196 cm³/mol. The summed E-state index contributed by atoms with van der Waals surface area (Å²) in [5.41, 5.74) is 7.10. The third-order valence-electron chi connectivity index (χ3n) is 9.49. The molecule has 10 aromatic rings. The minimum absolute atomic E-state index is 0.532. The van der Waals surface area contributed by atoms with E-state index in [4.69, 9.17) is 9.40 Å². The number of nitrogens with zero attached hydrogens (tertiary/aromatic N) is 2. The quantitative estimate of drug-likeness (QED) is 0.190. The van der Waals surface area contributed by atoms with Crippen LogP contribution in [0.2, 0.25) is 0 Å². The van der Waals surface area contributed by atoms with Gasteiger partial charge in [-0.2, -0.15) is 0 Å². The lowest BCUT2D eigenvalue weighted by Gasteiger charge is -2.14. The van der Waals surface area contributed by atoms with E-state index in [0.717, 1.165) is 43.9 Å². The molecule has 0 spiro atoms. The van der Waals surface area contributed by atoms with E-state index in [0.29, 0.717) is 5.89 Å². The Morgan fingerprint density at radius 3 is 2.02 bits per heavy atom. The van der Waals surface area contributed by atoms with E-state index in [1.165, 1.54) is 49.0 Å². The van der Waals surface area contributed by atoms with Gasteiger partial charge in [-0.25, -0.2) is 4.98 Å². The van der Waals surface area contributed by atoms with Gasteiger partial charge >= 0.3 is 0 Å². The number of pyridine rings is 1. The Morgan fingerprint density at radius 2 is 1.13 bits per heavy atom. The van der Waals surface area contributed by atoms with Crippen LogP contribution >= 0.6 is 0 Å². The average Bonchev–Trinajstić information content (AvgIpc) is 3.59. The van der Waals surface area contributed by atoms with Crippen LogP contribution in [0.4, 0.5) is 0 Å². The maximum absolute atomic E-state index is 6.43. The summed E-state index contributed by atoms with van der Waals surface area (Å²) in [6.07, 6.45) is 1.76. The van der Waals surface area contributed by atoms with Crippen molar-refractivity contribution in [1.29, 1.82) is 0 Å². The molecule has 0 aliphatic heterocycles. The maximum Gasteiger partial charge on any atom is 0.246 e. The molecule has 0 aliphatic carbocycles. The number of aromatic nitrogens is 2. The van der Waals surface area contributed by atoms with E-state index < -0.39 is 0 Å². The summed E-state index contributed by atoms with van der Waals surface area (Å²) < 4.78 is 6.43. The molecule has 0 saturated carbocycles. The Labute approximate surface area is 270 Å². The van der Waals surface area contributed by atoms with Crippen LogP contribution in [-0.2, 0) is 0 Å². The first-order chi connectivity index (χ1) is 23.3. The third kappa shape index (κ3) is 4.07. The Kier molecular flexibility index (Phi) is 5.57. The highest BCUT2D eigenvalue weighted by atomic mass is 16.3. The second kappa shape index (κ2) is 10.1. The molecule has 2 heterocycles. The molecule has 0 aliphatic rings. The highest BCUT2D eigenvalue weighted by molar-refractivity contribution is 6.23. The topological polar surface area (TPSA) is 38.9 Å². The summed E-state index contributed by atoms with van der Waals surface area (Å²) in [5.74, 6) is 0.532. The van der Waals surface area contributed by atoms with Gasteiger partial charge < -0.3 is 4.42 Å². The standard InChI is InChI=1S/C44H26N2O/c1-2-11-34-27(8-1)17-20-33-26-37(35-12-3-4-13-36(35)41(33)34)32-10-7-9-30(24-32)31-19-16-28-15-18-29-21-22-39-43(42(29)38(28)25-31)47-44(46-39)40-14-5-6-23-45-40/h1-26H. The molecule has 8 aromatic carbocycles. The summed E-state index contributed by atoms with van der Waals surface area (Å²) >= 11 is 0. The van der Waals surface area contributed by atoms with Crippen LogP contribution in [0, 0.1) is 0 Å². The molecule has 10 rings (SSSR count). The Bertz CT molecular complexity index is 2850. The van der Waals surface area contributed by atoms with Crippen LogP contribution in [0.3, 0.4) is 0 Å². The Hall–Kier alpha value is -6.32. The second-order valence-electron chi connectivity index (χ2n) is 12.2. The largest absolute Gasteiger partial charge is 0.434 e. The van der Waals surface area contributed by atoms with Gasteiger partial charge in [0.25, 0.3) is 0 Å². The van der Waals surface area contributed by atoms with Crippen molar-refractivity contribution < 1.29 is 4.42 Å². The number of hydrogen-bond donors (Lipinski definition) is 0. The summed E-state index contributed by atoms with van der Waals surface area (Å²) in [4.78, 5) is 9.27. The van der Waals surface area contributed by atoms with Crippen molar-refractivity contribution in [3.63, 3.8) is 0 Å². The number of rotatable bonds is 3. The van der Waals surface area contributed by atoms with Crippen LogP contribution in [0.25, 0.3) is 98.8 Å². The molecular formula is C44H26N2O. The van der Waals surface area contributed by atoms with E-state index in [9.17, 15) is 0 Å². The SMILES string of the molecule is c1ccc(-c2nc3ccc4ccc5ccc(-c6cccc(-c7cc8ccc9ccccc9c8c8ccccc78)c6)cc5c4c3o2)nc1. The first-order valence-electron chi connectivity index (χ1n) is 15.9. The van der Waals surface area contributed by atoms with Crippen molar-refractivity contribution in [3.8, 4) is 33.8 Å². The van der Waals surface area contributed by atoms with Gasteiger partial charge in [0, 0.05) is 11.6 Å². The molecule has 3 nitrogen and oxygen atoms in total. The van der Waals surface area contributed by atoms with Gasteiger partial charge in [-0.15, -0.1) is 0 Å². The lowest BCUT2D eigenvalue weighted by atomic mass is 9.89. The molecule has 0 unspecified atom stereocenters. The maximum atomic E-state index is 6.43. The molecule has 3 heteroatoms. The molecule has 0 fully saturated rings. The molecule has 0 N–H and O–H groups in total. The highest BCUT2D eigenvalue weighted by Gasteiger charge is 2.16. The fraction of sp³-hybridized carbons (Fsp3) is 0. The average molecular weight is 599 g/mol. The van der Waals surface area contributed by atoms with E-state index in [1.807, 2.05) is 24.3 Å². The first-order valence-corrected chi connectivity index (χ1v) is 15.9. The van der Waals surface area contributed by atoms with E-state index in [-0.39, 0.29) is 0 Å². The highest BCUT2D eigenvalue weighted by Crippen LogP contribution is 2.40. The van der Waals surface area contributed by atoms with Crippen LogP contribution in [-0.4, -0.2) is 9.97 Å². The number of fused-ring (bicyclic) bond motifs is 10. The molecule has 2 aromatic heterocycles. The fourth-order valence-corrected chi connectivity index (χ4v) is 7.28. The van der Waals surface area contributed by atoms with Crippen LogP contribution in [0.5, 0.6) is 0 Å². The smallest absolute Gasteiger partial charge is 0.246 e. The van der Waals surface area contributed by atoms with Crippen LogP contribution < -0.4 is 0 Å². The van der Waals surface area contributed by atoms with Crippen LogP contribution in [0.1, 0.15) is 0 Å². The van der Waals surface area contributed by atoms with Crippen molar-refractivity contribution in [2.24, 2.45) is 0 Å². The molecule has 0 bridgehead atoms. The second-order valence-corrected chi connectivity index (χ2v) is 12.2. The minimum Gasteiger partial charge on any atom is -0.434 e. The van der Waals surface area contributed by atoms with Gasteiger partial charge in [-0.05, 0) is 107 Å². The molecule has 47 heavy (non-hydrogen) atoms. The third-order valence-corrected chi connectivity index (χ3v) is 9.49. The fourth-order valence-electron chi connectivity index (χ4n) is 7.28. The van der Waals surface area contributed by atoms with Gasteiger partial charge in [-0.1, -0.05) is 115 Å². The van der Waals surface area contributed by atoms with Crippen molar-refractivity contribution in [3.05, 3.63) is 158 Å². The normalized spacial score (nSPS) is 11.8. The molecular weight excluding hydrogens is 572 g/mol. The summed E-state index contributed by atoms with van der Waals surface area (Å²) in [7, 11) is 0. The van der Waals surface area contributed by atoms with Gasteiger partial charge in [0.15, 0.2) is 5.58 Å². The Morgan fingerprint density at radius 1 is 0.426 bits per heavy atom. The van der Waals surface area contributed by atoms with Crippen molar-refractivity contribution in [1.82, 2.24) is 9.97 Å². The van der Waals surface area contributed by atoms with Gasteiger partial charge in [-0.3, -0.25) is 4.98 Å². The summed E-state index contributed by atoms with van der Waals surface area (Å²) in [6.45, 7) is 0. The van der Waals surface area contributed by atoms with Gasteiger partial charge in [0.1, 0.15) is 11.2 Å². The molecule has 218 valence electrons. The van der Waals surface area contributed by atoms with E-state index >= 15 is 0 Å². The van der Waals surface area contributed by atoms with Crippen LogP contribution in [0.15, 0.2) is 162 Å². The van der Waals surface area contributed by atoms with Crippen molar-refractivity contribution in [2.45, 2.75) is 0 Å². The minimum atomic E-state index is 0.532. The zero-order valence-corrected chi connectivity index (χ0v) is 25.3. The van der Waals surface area contributed by atoms with Crippen molar-refractivity contribution in [2.75, 3.05) is 0 Å². The zero-order valence-electron chi connectivity index (χ0n) is 25.3. The number of oxazole rings is 1. The van der Waals surface area contributed by atoms with E-state index in [2.05, 4.69) is 132 Å². The van der Waals surface area contributed by atoms with E-state index in [1.54, 1.807) is 6.20 Å². The lowest BCUT2D eigenvalue weighted by molar-refractivity contribution is 0.620. The summed E-state index contributed by atoms with van der Waals surface area (Å²) in [6, 6.07) is 54.3.